The van der Waals surface area contributed by atoms with Crippen molar-refractivity contribution in [2.24, 2.45) is 0 Å². The molecule has 2 atom stereocenters. The summed E-state index contributed by atoms with van der Waals surface area (Å²) in [4.78, 5) is 11.6. The molecule has 0 aromatic heterocycles. The predicted molar refractivity (Wildman–Crippen MR) is 119 cm³/mol. The summed E-state index contributed by atoms with van der Waals surface area (Å²) in [6.45, 7) is 3.28. The van der Waals surface area contributed by atoms with Crippen LogP contribution >= 0.6 is 0 Å². The highest BCUT2D eigenvalue weighted by molar-refractivity contribution is 5.67. The van der Waals surface area contributed by atoms with E-state index in [1.54, 1.807) is 0 Å². The van der Waals surface area contributed by atoms with Crippen LogP contribution in [0.1, 0.15) is 116 Å². The van der Waals surface area contributed by atoms with E-state index in [1.165, 1.54) is 96.3 Å². The first kappa shape index (κ1) is 26.2. The van der Waals surface area contributed by atoms with Gasteiger partial charge < -0.3 is 19.9 Å². The van der Waals surface area contributed by atoms with Crippen LogP contribution in [0.15, 0.2) is 0 Å². The Labute approximate surface area is 179 Å². The number of aliphatic hydroxyl groups is 1. The van der Waals surface area contributed by atoms with Crippen LogP contribution in [-0.4, -0.2) is 43.2 Å². The lowest BCUT2D eigenvalue weighted by Crippen LogP contribution is -2.43. The molecular weight excluding hydrogens is 366 g/mol. The molecule has 1 aliphatic heterocycles. The smallest absolute Gasteiger partial charge is 0.407 e. The van der Waals surface area contributed by atoms with Crippen LogP contribution in [-0.2, 0) is 9.47 Å². The Kier molecular flexibility index (Phi) is 17.3. The largest absolute Gasteiger partial charge is 0.447 e. The number of carbonyl (C=O) groups is 1. The van der Waals surface area contributed by atoms with Gasteiger partial charge in [-0.1, -0.05) is 103 Å². The van der Waals surface area contributed by atoms with Gasteiger partial charge in [-0.15, -0.1) is 0 Å². The quantitative estimate of drug-likeness (QED) is 0.236. The topological polar surface area (TPSA) is 67.8 Å². The lowest BCUT2D eigenvalue weighted by molar-refractivity contribution is -0.157. The van der Waals surface area contributed by atoms with Gasteiger partial charge in [-0.2, -0.15) is 0 Å². The number of hydrogen-bond donors (Lipinski definition) is 2. The Morgan fingerprint density at radius 3 is 1.72 bits per heavy atom. The van der Waals surface area contributed by atoms with Crippen molar-refractivity contribution in [1.29, 1.82) is 0 Å². The van der Waals surface area contributed by atoms with E-state index in [2.05, 4.69) is 12.2 Å². The molecule has 1 aliphatic rings. The maximum absolute atomic E-state index is 11.6. The first-order valence-corrected chi connectivity index (χ1v) is 12.4. The van der Waals surface area contributed by atoms with Gasteiger partial charge in [0.2, 0.25) is 0 Å². The average molecular weight is 414 g/mol. The molecule has 0 radical (unpaired) electrons. The third kappa shape index (κ3) is 15.7. The minimum Gasteiger partial charge on any atom is -0.447 e. The van der Waals surface area contributed by atoms with E-state index in [4.69, 9.17) is 14.6 Å². The molecular formula is C24H47NO4. The van der Waals surface area contributed by atoms with E-state index in [0.717, 1.165) is 12.8 Å². The summed E-state index contributed by atoms with van der Waals surface area (Å²) in [6, 6.07) is 0. The lowest BCUT2D eigenvalue weighted by atomic mass is 10.0. The van der Waals surface area contributed by atoms with E-state index in [0.29, 0.717) is 6.54 Å². The Balaban J connectivity index is 1.69. The number of amides is 1. The van der Waals surface area contributed by atoms with E-state index >= 15 is 0 Å². The first-order chi connectivity index (χ1) is 14.3. The minimum absolute atomic E-state index is 0.0436. The van der Waals surface area contributed by atoms with Crippen molar-refractivity contribution < 1.29 is 19.4 Å². The number of aliphatic hydroxyl groups excluding tert-OH is 1. The Morgan fingerprint density at radius 1 is 0.828 bits per heavy atom. The van der Waals surface area contributed by atoms with Crippen molar-refractivity contribution in [3.8, 4) is 0 Å². The van der Waals surface area contributed by atoms with Crippen molar-refractivity contribution in [3.05, 3.63) is 0 Å². The van der Waals surface area contributed by atoms with Crippen LogP contribution in [0.25, 0.3) is 0 Å². The van der Waals surface area contributed by atoms with Crippen LogP contribution in [0.3, 0.4) is 0 Å². The summed E-state index contributed by atoms with van der Waals surface area (Å²) in [7, 11) is 0. The SMILES string of the molecule is CCCCCCCCCCCCCCCCCCNC(=O)OC[C@H]1C[C@H](CO)O1. The molecule has 2 N–H and O–H groups in total. The normalized spacial score (nSPS) is 18.4. The maximum atomic E-state index is 11.6. The summed E-state index contributed by atoms with van der Waals surface area (Å²) < 4.78 is 10.4. The highest BCUT2D eigenvalue weighted by atomic mass is 16.6. The number of unbranched alkanes of at least 4 members (excludes halogenated alkanes) is 15. The number of alkyl carbamates (subject to hydrolysis) is 1. The van der Waals surface area contributed by atoms with Crippen molar-refractivity contribution >= 4 is 6.09 Å². The van der Waals surface area contributed by atoms with Crippen LogP contribution in [0.4, 0.5) is 4.79 Å². The molecule has 1 fully saturated rings. The number of carbonyl (C=O) groups excluding carboxylic acids is 1. The fourth-order valence-electron chi connectivity index (χ4n) is 3.86. The molecule has 172 valence electrons. The van der Waals surface area contributed by atoms with E-state index in [-0.39, 0.29) is 31.5 Å². The van der Waals surface area contributed by atoms with Gasteiger partial charge in [0.15, 0.2) is 0 Å². The minimum atomic E-state index is -0.359. The Bertz CT molecular complexity index is 372. The van der Waals surface area contributed by atoms with Gasteiger partial charge in [0.05, 0.1) is 18.8 Å². The predicted octanol–water partition coefficient (Wildman–Crippen LogP) is 6.12. The van der Waals surface area contributed by atoms with Crippen LogP contribution in [0, 0.1) is 0 Å². The molecule has 0 bridgehead atoms. The van der Waals surface area contributed by atoms with Gasteiger partial charge >= 0.3 is 6.09 Å². The van der Waals surface area contributed by atoms with Crippen LogP contribution in [0.2, 0.25) is 0 Å². The first-order valence-electron chi connectivity index (χ1n) is 12.4. The fraction of sp³-hybridized carbons (Fsp3) is 0.958. The molecule has 1 saturated heterocycles. The molecule has 0 unspecified atom stereocenters. The average Bonchev–Trinajstić information content (AvgIpc) is 2.69. The standard InChI is InChI=1S/C24H47NO4/c1-2-3-4-5-6-7-8-9-10-11-12-13-14-15-16-17-18-25-24(27)28-21-23-19-22(20-26)29-23/h22-23,26H,2-21H2,1H3,(H,25,27)/t22-,23-/m1/s1. The van der Waals surface area contributed by atoms with Gasteiger partial charge in [-0.3, -0.25) is 0 Å². The second-order valence-electron chi connectivity index (χ2n) is 8.63. The van der Waals surface area contributed by atoms with Crippen molar-refractivity contribution in [1.82, 2.24) is 5.32 Å². The lowest BCUT2D eigenvalue weighted by Gasteiger charge is -2.34. The van der Waals surface area contributed by atoms with Gasteiger partial charge in [-0.25, -0.2) is 4.79 Å². The Hall–Kier alpha value is -0.810. The highest BCUT2D eigenvalue weighted by Crippen LogP contribution is 2.20. The second kappa shape index (κ2) is 19.2. The number of hydrogen-bond acceptors (Lipinski definition) is 4. The van der Waals surface area contributed by atoms with E-state index in [1.807, 2.05) is 0 Å². The molecule has 1 amide bonds. The van der Waals surface area contributed by atoms with E-state index < -0.39 is 0 Å². The van der Waals surface area contributed by atoms with Gasteiger partial charge in [-0.05, 0) is 6.42 Å². The summed E-state index contributed by atoms with van der Waals surface area (Å²) in [5.74, 6) is 0. The molecule has 0 aliphatic carbocycles. The molecule has 0 saturated carbocycles. The maximum Gasteiger partial charge on any atom is 0.407 e. The fourth-order valence-corrected chi connectivity index (χ4v) is 3.86. The van der Waals surface area contributed by atoms with E-state index in [9.17, 15) is 4.79 Å². The van der Waals surface area contributed by atoms with Crippen LogP contribution in [0.5, 0.6) is 0 Å². The Morgan fingerprint density at radius 2 is 1.28 bits per heavy atom. The zero-order valence-corrected chi connectivity index (χ0v) is 19.0. The van der Waals surface area contributed by atoms with Crippen molar-refractivity contribution in [2.75, 3.05) is 19.8 Å². The zero-order valence-electron chi connectivity index (χ0n) is 19.0. The zero-order chi connectivity index (χ0) is 21.0. The number of ether oxygens (including phenoxy) is 2. The third-order valence-electron chi connectivity index (χ3n) is 5.81. The molecule has 29 heavy (non-hydrogen) atoms. The van der Waals surface area contributed by atoms with Crippen molar-refractivity contribution in [3.63, 3.8) is 0 Å². The summed E-state index contributed by atoms with van der Waals surface area (Å²) in [5.41, 5.74) is 0. The molecule has 0 aromatic rings. The molecule has 1 heterocycles. The summed E-state index contributed by atoms with van der Waals surface area (Å²) in [5, 5.41) is 11.6. The summed E-state index contributed by atoms with van der Waals surface area (Å²) in [6.07, 6.45) is 21.9. The highest BCUT2D eigenvalue weighted by Gasteiger charge is 2.30. The van der Waals surface area contributed by atoms with Gasteiger partial charge in [0, 0.05) is 13.0 Å². The molecule has 0 spiro atoms. The van der Waals surface area contributed by atoms with Gasteiger partial charge in [0.25, 0.3) is 0 Å². The second-order valence-corrected chi connectivity index (χ2v) is 8.63. The van der Waals surface area contributed by atoms with Crippen LogP contribution < -0.4 is 5.32 Å². The third-order valence-corrected chi connectivity index (χ3v) is 5.81. The monoisotopic (exact) mass is 413 g/mol. The number of nitrogens with one attached hydrogen (secondary N) is 1. The molecule has 5 heteroatoms. The van der Waals surface area contributed by atoms with Crippen molar-refractivity contribution in [2.45, 2.75) is 128 Å². The number of rotatable bonds is 20. The summed E-state index contributed by atoms with van der Waals surface area (Å²) >= 11 is 0. The molecule has 0 aromatic carbocycles. The van der Waals surface area contributed by atoms with Gasteiger partial charge in [0.1, 0.15) is 6.61 Å². The molecule has 1 rings (SSSR count). The molecule has 5 nitrogen and oxygen atoms in total.